The zero-order chi connectivity index (χ0) is 16.7. The zero-order valence-electron chi connectivity index (χ0n) is 13.2. The van der Waals surface area contributed by atoms with Crippen molar-refractivity contribution >= 4 is 23.0 Å². The summed E-state index contributed by atoms with van der Waals surface area (Å²) in [6, 6.07) is 2.21. The van der Waals surface area contributed by atoms with Gasteiger partial charge >= 0.3 is 0 Å². The van der Waals surface area contributed by atoms with Crippen LogP contribution in [0.2, 0.25) is 0 Å². The molecule has 1 unspecified atom stereocenters. The number of fused-ring (bicyclic) bond motifs is 1. The molecule has 0 spiro atoms. The summed E-state index contributed by atoms with van der Waals surface area (Å²) in [5.41, 5.74) is 15.0. The molecule has 0 bridgehead atoms. The zero-order valence-corrected chi connectivity index (χ0v) is 14.0. The average molecular weight is 346 g/mol. The molecule has 0 saturated carbocycles. The van der Waals surface area contributed by atoms with Crippen molar-refractivity contribution in [2.45, 2.75) is 25.1 Å². The molecular formula is C17H20ClN5O. The quantitative estimate of drug-likeness (QED) is 0.853. The monoisotopic (exact) mass is 345 g/mol. The lowest BCUT2D eigenvalue weighted by molar-refractivity contribution is 0.186. The molecule has 1 saturated heterocycles. The highest BCUT2D eigenvalue weighted by atomic mass is 35.5. The van der Waals surface area contributed by atoms with E-state index in [9.17, 15) is 0 Å². The molecule has 0 aromatic carbocycles. The normalized spacial score (nSPS) is 26.4. The van der Waals surface area contributed by atoms with Gasteiger partial charge in [-0.25, -0.2) is 0 Å². The molecule has 0 aliphatic carbocycles. The SMILES string of the molecule is NC1C=C2C(=CC(Cl)=CN2c2cnccc2N2CCC[C@H](N)C2)O1. The molecule has 6 nitrogen and oxygen atoms in total. The van der Waals surface area contributed by atoms with Crippen LogP contribution >= 0.6 is 11.6 Å². The van der Waals surface area contributed by atoms with Gasteiger partial charge < -0.3 is 20.3 Å². The van der Waals surface area contributed by atoms with Crippen molar-refractivity contribution in [2.75, 3.05) is 22.9 Å². The molecule has 1 aromatic rings. The van der Waals surface area contributed by atoms with Gasteiger partial charge in [-0.15, -0.1) is 0 Å². The van der Waals surface area contributed by atoms with Crippen LogP contribution in [0.15, 0.2) is 53.3 Å². The number of pyridine rings is 1. The molecule has 1 fully saturated rings. The smallest absolute Gasteiger partial charge is 0.169 e. The van der Waals surface area contributed by atoms with Gasteiger partial charge in [0.2, 0.25) is 0 Å². The second kappa shape index (κ2) is 6.12. The number of nitrogens with zero attached hydrogens (tertiary/aromatic N) is 3. The molecule has 3 aliphatic heterocycles. The Kier molecular flexibility index (Phi) is 3.96. The van der Waals surface area contributed by atoms with Crippen molar-refractivity contribution < 1.29 is 4.74 Å². The molecule has 0 radical (unpaired) electrons. The first kappa shape index (κ1) is 15.5. The standard InChI is InChI=1S/C17H20ClN5O/c18-11-6-16-14(7-17(20)24-16)23(9-11)15-8-21-4-3-13(15)22-5-1-2-12(19)10-22/h3-4,6-9,12,17H,1-2,5,10,19-20H2/t12-,17?/m0/s1. The van der Waals surface area contributed by atoms with Crippen molar-refractivity contribution in [2.24, 2.45) is 11.5 Å². The number of aromatic nitrogens is 1. The van der Waals surface area contributed by atoms with Crippen LogP contribution in [0.25, 0.3) is 0 Å². The number of allylic oxidation sites excluding steroid dienone is 2. The fraction of sp³-hybridized carbons (Fsp3) is 0.353. The molecule has 4 rings (SSSR count). The highest BCUT2D eigenvalue weighted by molar-refractivity contribution is 6.31. The number of hydrogen-bond donors (Lipinski definition) is 2. The van der Waals surface area contributed by atoms with Crippen LogP contribution in [0.4, 0.5) is 11.4 Å². The topological polar surface area (TPSA) is 80.6 Å². The first-order valence-corrected chi connectivity index (χ1v) is 8.47. The van der Waals surface area contributed by atoms with Crippen LogP contribution in [0.5, 0.6) is 0 Å². The van der Waals surface area contributed by atoms with E-state index in [2.05, 4.69) is 9.88 Å². The van der Waals surface area contributed by atoms with Gasteiger partial charge in [0.25, 0.3) is 0 Å². The molecule has 1 aromatic heterocycles. The molecule has 7 heteroatoms. The van der Waals surface area contributed by atoms with Crippen molar-refractivity contribution in [3.05, 3.63) is 53.3 Å². The summed E-state index contributed by atoms with van der Waals surface area (Å²) < 4.78 is 5.62. The highest BCUT2D eigenvalue weighted by Gasteiger charge is 2.30. The Hall–Kier alpha value is -2.02. The number of hydrogen-bond acceptors (Lipinski definition) is 6. The number of halogens is 1. The maximum absolute atomic E-state index is 6.28. The van der Waals surface area contributed by atoms with E-state index in [0.29, 0.717) is 10.8 Å². The maximum Gasteiger partial charge on any atom is 0.169 e. The Morgan fingerprint density at radius 1 is 1.29 bits per heavy atom. The van der Waals surface area contributed by atoms with E-state index in [0.717, 1.165) is 43.0 Å². The molecule has 126 valence electrons. The summed E-state index contributed by atoms with van der Waals surface area (Å²) in [5.74, 6) is 0.681. The van der Waals surface area contributed by atoms with Gasteiger partial charge in [0.05, 0.1) is 28.3 Å². The minimum Gasteiger partial charge on any atom is -0.470 e. The summed E-state index contributed by atoms with van der Waals surface area (Å²) in [4.78, 5) is 8.60. The molecule has 0 amide bonds. The van der Waals surface area contributed by atoms with Crippen LogP contribution in [0.1, 0.15) is 12.8 Å². The Labute approximate surface area is 146 Å². The number of piperidine rings is 1. The van der Waals surface area contributed by atoms with E-state index in [1.165, 1.54) is 0 Å². The van der Waals surface area contributed by atoms with E-state index < -0.39 is 6.23 Å². The van der Waals surface area contributed by atoms with Crippen LogP contribution in [-0.2, 0) is 4.74 Å². The molecule has 2 atom stereocenters. The average Bonchev–Trinajstić information content (AvgIpc) is 2.94. The predicted octanol–water partition coefficient (Wildman–Crippen LogP) is 1.99. The van der Waals surface area contributed by atoms with Gasteiger partial charge in [-0.3, -0.25) is 10.7 Å². The van der Waals surface area contributed by atoms with E-state index in [-0.39, 0.29) is 6.04 Å². The Bertz CT molecular complexity index is 744. The van der Waals surface area contributed by atoms with Gasteiger partial charge in [0.1, 0.15) is 5.76 Å². The highest BCUT2D eigenvalue weighted by Crippen LogP contribution is 2.39. The van der Waals surface area contributed by atoms with Crippen molar-refractivity contribution in [1.29, 1.82) is 0 Å². The fourth-order valence-electron chi connectivity index (χ4n) is 3.40. The lowest BCUT2D eigenvalue weighted by Gasteiger charge is -2.36. The Morgan fingerprint density at radius 3 is 3.00 bits per heavy atom. The van der Waals surface area contributed by atoms with Crippen LogP contribution in [0, 0.1) is 0 Å². The lowest BCUT2D eigenvalue weighted by atomic mass is 10.1. The molecular weight excluding hydrogens is 326 g/mol. The Balaban J connectivity index is 1.74. The third-order valence-electron chi connectivity index (χ3n) is 4.45. The Morgan fingerprint density at radius 2 is 2.17 bits per heavy atom. The minimum absolute atomic E-state index is 0.193. The van der Waals surface area contributed by atoms with E-state index in [1.54, 1.807) is 12.3 Å². The molecule has 4 heterocycles. The van der Waals surface area contributed by atoms with Gasteiger partial charge in [0, 0.05) is 37.6 Å². The molecule has 24 heavy (non-hydrogen) atoms. The van der Waals surface area contributed by atoms with E-state index in [1.807, 2.05) is 29.4 Å². The fourth-order valence-corrected chi connectivity index (χ4v) is 3.60. The largest absolute Gasteiger partial charge is 0.470 e. The third kappa shape index (κ3) is 2.77. The molecule has 4 N–H and O–H groups in total. The maximum atomic E-state index is 6.28. The predicted molar refractivity (Wildman–Crippen MR) is 95.3 cm³/mol. The summed E-state index contributed by atoms with van der Waals surface area (Å²) in [6.45, 7) is 1.81. The minimum atomic E-state index is -0.465. The summed E-state index contributed by atoms with van der Waals surface area (Å²) in [5, 5.41) is 0.585. The van der Waals surface area contributed by atoms with Gasteiger partial charge in [0.15, 0.2) is 6.23 Å². The number of rotatable bonds is 2. The lowest BCUT2D eigenvalue weighted by Crippen LogP contribution is -2.43. The first-order chi connectivity index (χ1) is 11.6. The van der Waals surface area contributed by atoms with Crippen molar-refractivity contribution in [1.82, 2.24) is 4.98 Å². The second-order valence-corrected chi connectivity index (χ2v) is 6.68. The van der Waals surface area contributed by atoms with Gasteiger partial charge in [-0.1, -0.05) is 11.6 Å². The van der Waals surface area contributed by atoms with E-state index >= 15 is 0 Å². The van der Waals surface area contributed by atoms with Crippen LogP contribution in [-0.4, -0.2) is 30.3 Å². The summed E-state index contributed by atoms with van der Waals surface area (Å²) in [7, 11) is 0. The van der Waals surface area contributed by atoms with Crippen molar-refractivity contribution in [3.8, 4) is 0 Å². The third-order valence-corrected chi connectivity index (χ3v) is 4.66. The van der Waals surface area contributed by atoms with Crippen molar-refractivity contribution in [3.63, 3.8) is 0 Å². The van der Waals surface area contributed by atoms with E-state index in [4.69, 9.17) is 27.8 Å². The first-order valence-electron chi connectivity index (χ1n) is 8.09. The summed E-state index contributed by atoms with van der Waals surface area (Å²) >= 11 is 6.28. The summed E-state index contributed by atoms with van der Waals surface area (Å²) in [6.07, 6.45) is 10.8. The van der Waals surface area contributed by atoms with Gasteiger partial charge in [-0.2, -0.15) is 0 Å². The molecule has 3 aliphatic rings. The van der Waals surface area contributed by atoms with Gasteiger partial charge in [-0.05, 0) is 25.0 Å². The number of ether oxygens (including phenoxy) is 1. The number of anilines is 2. The second-order valence-electron chi connectivity index (χ2n) is 6.24. The number of nitrogens with two attached hydrogens (primary N) is 2. The van der Waals surface area contributed by atoms with Crippen LogP contribution in [0.3, 0.4) is 0 Å². The van der Waals surface area contributed by atoms with Crippen LogP contribution < -0.4 is 21.3 Å².